The summed E-state index contributed by atoms with van der Waals surface area (Å²) in [5.74, 6) is -0.218. The quantitative estimate of drug-likeness (QED) is 0.461. The number of ether oxygens (including phenoxy) is 3. The van der Waals surface area contributed by atoms with Gasteiger partial charge >= 0.3 is 11.9 Å². The van der Waals surface area contributed by atoms with Gasteiger partial charge in [0.25, 0.3) is 0 Å². The van der Waals surface area contributed by atoms with Gasteiger partial charge in [0.05, 0.1) is 0 Å². The van der Waals surface area contributed by atoms with Gasteiger partial charge in [-0.05, 0) is 52.5 Å². The molecule has 1 atom stereocenters. The van der Waals surface area contributed by atoms with Crippen molar-refractivity contribution in [3.8, 4) is 11.5 Å². The fourth-order valence-electron chi connectivity index (χ4n) is 4.26. The maximum Gasteiger partial charge on any atom is 0.308 e. The lowest BCUT2D eigenvalue weighted by atomic mass is 9.63. The van der Waals surface area contributed by atoms with Gasteiger partial charge in [-0.15, -0.1) is 0 Å². The Kier molecular flexibility index (Phi) is 7.17. The molecule has 2 aromatic carbocycles. The highest BCUT2D eigenvalue weighted by atomic mass is 16.5. The number of carbonyl (C=O) groups excluding carboxylic acids is 2. The molecule has 3 rings (SSSR count). The Balaban J connectivity index is 1.76. The zero-order valence-corrected chi connectivity index (χ0v) is 20.4. The number of benzene rings is 2. The molecule has 0 bridgehead atoms. The molecule has 1 N–H and O–H groups in total. The van der Waals surface area contributed by atoms with E-state index in [0.29, 0.717) is 11.3 Å². The molecule has 0 heterocycles. The molecule has 178 valence electrons. The lowest BCUT2D eigenvalue weighted by molar-refractivity contribution is -0.142. The Morgan fingerprint density at radius 2 is 1.61 bits per heavy atom. The van der Waals surface area contributed by atoms with Crippen molar-refractivity contribution in [1.29, 1.82) is 0 Å². The van der Waals surface area contributed by atoms with E-state index < -0.39 is 18.0 Å². The first-order valence-electron chi connectivity index (χ1n) is 11.3. The summed E-state index contributed by atoms with van der Waals surface area (Å²) in [7, 11) is 0. The first kappa shape index (κ1) is 24.8. The Morgan fingerprint density at radius 3 is 2.24 bits per heavy atom. The average Bonchev–Trinajstić information content (AvgIpc) is 2.74. The van der Waals surface area contributed by atoms with E-state index in [4.69, 9.17) is 14.2 Å². The monoisotopic (exact) mass is 454 g/mol. The highest BCUT2D eigenvalue weighted by Gasteiger charge is 2.37. The number of carbonyl (C=O) groups is 2. The van der Waals surface area contributed by atoms with E-state index in [0.717, 1.165) is 18.4 Å². The maximum absolute atomic E-state index is 11.5. The fraction of sp³-hybridized carbons (Fsp3) is 0.481. The fourth-order valence-corrected chi connectivity index (χ4v) is 4.26. The lowest BCUT2D eigenvalue weighted by Gasteiger charge is -2.42. The number of aliphatic hydroxyl groups excluding tert-OH is 1. The summed E-state index contributed by atoms with van der Waals surface area (Å²) in [4.78, 5) is 22.6. The minimum Gasteiger partial charge on any atom is -0.490 e. The second-order valence-electron chi connectivity index (χ2n) is 10.0. The van der Waals surface area contributed by atoms with Crippen LogP contribution in [0, 0.1) is 0 Å². The van der Waals surface area contributed by atoms with Crippen molar-refractivity contribution in [2.24, 2.45) is 0 Å². The molecule has 0 saturated heterocycles. The van der Waals surface area contributed by atoms with E-state index >= 15 is 0 Å². The number of aliphatic hydroxyl groups is 1. The molecule has 0 spiro atoms. The van der Waals surface area contributed by atoms with Gasteiger partial charge in [0.1, 0.15) is 30.8 Å². The highest BCUT2D eigenvalue weighted by Crippen LogP contribution is 2.46. The van der Waals surface area contributed by atoms with Crippen LogP contribution in [0.2, 0.25) is 0 Å². The highest BCUT2D eigenvalue weighted by molar-refractivity contribution is 5.70. The van der Waals surface area contributed by atoms with Gasteiger partial charge < -0.3 is 19.3 Å². The topological polar surface area (TPSA) is 82.1 Å². The van der Waals surface area contributed by atoms with Crippen molar-refractivity contribution in [2.75, 3.05) is 6.61 Å². The molecule has 6 nitrogen and oxygen atoms in total. The van der Waals surface area contributed by atoms with Crippen molar-refractivity contribution in [3.05, 3.63) is 58.7 Å². The molecule has 33 heavy (non-hydrogen) atoms. The lowest BCUT2D eigenvalue weighted by Crippen LogP contribution is -2.34. The molecule has 6 heteroatoms. The number of hydrogen-bond acceptors (Lipinski definition) is 6. The maximum atomic E-state index is 11.5. The van der Waals surface area contributed by atoms with Crippen LogP contribution in [-0.4, -0.2) is 23.7 Å². The van der Waals surface area contributed by atoms with Crippen LogP contribution in [-0.2, 0) is 31.8 Å². The van der Waals surface area contributed by atoms with Crippen LogP contribution in [0.5, 0.6) is 11.5 Å². The van der Waals surface area contributed by atoms with Crippen LogP contribution < -0.4 is 9.47 Å². The molecule has 1 aliphatic carbocycles. The Bertz CT molecular complexity index is 1040. The summed E-state index contributed by atoms with van der Waals surface area (Å²) in [6, 6.07) is 11.1. The number of hydrogen-bond donors (Lipinski definition) is 1. The zero-order valence-electron chi connectivity index (χ0n) is 20.4. The van der Waals surface area contributed by atoms with Gasteiger partial charge in [-0.2, -0.15) is 0 Å². The van der Waals surface area contributed by atoms with Gasteiger partial charge in [-0.25, -0.2) is 0 Å². The summed E-state index contributed by atoms with van der Waals surface area (Å²) in [5, 5.41) is 10.8. The van der Waals surface area contributed by atoms with E-state index in [2.05, 4.69) is 39.8 Å². The van der Waals surface area contributed by atoms with Crippen molar-refractivity contribution in [1.82, 2.24) is 0 Å². The number of esters is 2. The molecule has 0 saturated carbocycles. The molecule has 1 unspecified atom stereocenters. The molecule has 0 fully saturated rings. The molecule has 0 aliphatic heterocycles. The summed E-state index contributed by atoms with van der Waals surface area (Å²) in [6.45, 7) is 11.7. The third-order valence-corrected chi connectivity index (χ3v) is 6.39. The Hall–Kier alpha value is -2.86. The average molecular weight is 455 g/mol. The van der Waals surface area contributed by atoms with Gasteiger partial charge in [0.15, 0.2) is 0 Å². The zero-order chi connectivity index (χ0) is 24.4. The molecule has 0 radical (unpaired) electrons. The molecule has 1 aliphatic rings. The third-order valence-electron chi connectivity index (χ3n) is 6.39. The largest absolute Gasteiger partial charge is 0.490 e. The van der Waals surface area contributed by atoms with Crippen molar-refractivity contribution in [2.45, 2.75) is 77.9 Å². The van der Waals surface area contributed by atoms with Gasteiger partial charge in [-0.1, -0.05) is 45.9 Å². The summed E-state index contributed by atoms with van der Waals surface area (Å²) < 4.78 is 16.1. The van der Waals surface area contributed by atoms with Crippen LogP contribution in [0.25, 0.3) is 0 Å². The third kappa shape index (κ3) is 5.93. The standard InChI is InChI=1S/C27H34O6/c1-17(28)31-15-20-7-9-21(14-25(20)33-18(2)29)32-16-24(30)19-8-10-22-23(13-19)27(5,6)12-11-26(22,3)4/h7-10,13-14,24,30H,11-12,15-16H2,1-6H3. The van der Waals surface area contributed by atoms with E-state index in [9.17, 15) is 14.7 Å². The minimum atomic E-state index is -0.811. The second-order valence-corrected chi connectivity index (χ2v) is 10.0. The molecule has 0 amide bonds. The predicted octanol–water partition coefficient (Wildman–Crippen LogP) is 5.14. The van der Waals surface area contributed by atoms with Gasteiger partial charge in [0, 0.05) is 25.5 Å². The van der Waals surface area contributed by atoms with Crippen LogP contribution in [0.1, 0.15) is 82.7 Å². The van der Waals surface area contributed by atoms with E-state index in [-0.39, 0.29) is 29.8 Å². The molecule has 0 aromatic heterocycles. The number of rotatable bonds is 7. The minimum absolute atomic E-state index is 0.0118. The summed E-state index contributed by atoms with van der Waals surface area (Å²) in [6.07, 6.45) is 1.42. The predicted molar refractivity (Wildman–Crippen MR) is 125 cm³/mol. The van der Waals surface area contributed by atoms with Crippen molar-refractivity contribution < 1.29 is 28.9 Å². The molecule has 2 aromatic rings. The van der Waals surface area contributed by atoms with Gasteiger partial charge in [0.2, 0.25) is 0 Å². The van der Waals surface area contributed by atoms with Crippen molar-refractivity contribution >= 4 is 11.9 Å². The van der Waals surface area contributed by atoms with Gasteiger partial charge in [-0.3, -0.25) is 9.59 Å². The molecular formula is C27H34O6. The smallest absolute Gasteiger partial charge is 0.308 e. The Morgan fingerprint density at radius 1 is 0.939 bits per heavy atom. The normalized spacial score (nSPS) is 16.9. The van der Waals surface area contributed by atoms with Crippen LogP contribution in [0.3, 0.4) is 0 Å². The van der Waals surface area contributed by atoms with Crippen LogP contribution >= 0.6 is 0 Å². The van der Waals surface area contributed by atoms with Crippen LogP contribution in [0.4, 0.5) is 0 Å². The SMILES string of the molecule is CC(=O)OCc1ccc(OCC(O)c2ccc3c(c2)C(C)(C)CCC3(C)C)cc1OC(C)=O. The summed E-state index contributed by atoms with van der Waals surface area (Å²) >= 11 is 0. The Labute approximate surface area is 195 Å². The van der Waals surface area contributed by atoms with Crippen molar-refractivity contribution in [3.63, 3.8) is 0 Å². The van der Waals surface area contributed by atoms with Crippen LogP contribution in [0.15, 0.2) is 36.4 Å². The summed E-state index contributed by atoms with van der Waals surface area (Å²) in [5.41, 5.74) is 4.15. The van der Waals surface area contributed by atoms with E-state index in [1.54, 1.807) is 18.2 Å². The van der Waals surface area contributed by atoms with E-state index in [1.165, 1.54) is 25.0 Å². The second kappa shape index (κ2) is 9.56. The molecular weight excluding hydrogens is 420 g/mol. The number of fused-ring (bicyclic) bond motifs is 1. The first-order chi connectivity index (χ1) is 15.4. The first-order valence-corrected chi connectivity index (χ1v) is 11.3. The van der Waals surface area contributed by atoms with E-state index in [1.807, 2.05) is 6.07 Å².